The fourth-order valence-corrected chi connectivity index (χ4v) is 2.64. The number of carbonyl (C=O) groups excluding carboxylic acids is 1. The Kier molecular flexibility index (Phi) is 7.47. The van der Waals surface area contributed by atoms with Crippen LogP contribution < -0.4 is 10.1 Å². The fourth-order valence-electron chi connectivity index (χ4n) is 2.31. The van der Waals surface area contributed by atoms with Gasteiger partial charge in [0.05, 0.1) is 5.69 Å². The van der Waals surface area contributed by atoms with E-state index in [0.29, 0.717) is 17.6 Å². The minimum absolute atomic E-state index is 0.0920. The normalized spacial score (nSPS) is 11.0. The van der Waals surface area contributed by atoms with Crippen LogP contribution in [0.2, 0.25) is 0 Å². The van der Waals surface area contributed by atoms with Crippen LogP contribution >= 0.6 is 15.9 Å². The minimum Gasteiger partial charge on any atom is -0.435 e. The summed E-state index contributed by atoms with van der Waals surface area (Å²) >= 11 is 3.15. The molecule has 1 N–H and O–H groups in total. The van der Waals surface area contributed by atoms with Crippen molar-refractivity contribution in [3.05, 3.63) is 58.3 Å². The third kappa shape index (κ3) is 6.68. The van der Waals surface area contributed by atoms with Crippen molar-refractivity contribution < 1.29 is 22.7 Å². The van der Waals surface area contributed by atoms with Crippen molar-refractivity contribution in [2.75, 3.05) is 18.9 Å². The van der Waals surface area contributed by atoms with E-state index in [1.165, 1.54) is 24.3 Å². The van der Waals surface area contributed by atoms with Crippen molar-refractivity contribution in [2.24, 2.45) is 0 Å². The molecule has 0 aliphatic heterocycles. The number of rotatable bonds is 8. The molecule has 0 spiro atoms. The van der Waals surface area contributed by atoms with Crippen molar-refractivity contribution >= 4 is 27.5 Å². The first-order chi connectivity index (χ1) is 12.3. The molecule has 0 atom stereocenters. The molecule has 0 aliphatic carbocycles. The van der Waals surface area contributed by atoms with Crippen LogP contribution in [0.5, 0.6) is 5.75 Å². The molecule has 0 fully saturated rings. The Bertz CT molecular complexity index is 759. The van der Waals surface area contributed by atoms with Crippen molar-refractivity contribution in [1.82, 2.24) is 4.90 Å². The predicted molar refractivity (Wildman–Crippen MR) is 96.8 cm³/mol. The number of ether oxygens (including phenoxy) is 1. The lowest BCUT2D eigenvalue weighted by molar-refractivity contribution is -0.116. The van der Waals surface area contributed by atoms with Crippen LogP contribution in [0.4, 0.5) is 18.9 Å². The standard InChI is InChI=1S/C18H18BrF3N2O2/c1-24(11-12-3-2-4-14(9-12)26-18(21)22)8-7-17(25)23-16-6-5-13(19)10-15(16)20/h2-6,9-10,18H,7-8,11H2,1H3,(H,23,25). The Morgan fingerprint density at radius 1 is 1.27 bits per heavy atom. The van der Waals surface area contributed by atoms with E-state index in [2.05, 4.69) is 26.0 Å². The lowest BCUT2D eigenvalue weighted by Crippen LogP contribution is -2.24. The van der Waals surface area contributed by atoms with Gasteiger partial charge in [0.25, 0.3) is 0 Å². The minimum atomic E-state index is -2.87. The average molecular weight is 431 g/mol. The molecule has 2 rings (SSSR count). The van der Waals surface area contributed by atoms with Gasteiger partial charge in [-0.2, -0.15) is 8.78 Å². The molecule has 0 heterocycles. The highest BCUT2D eigenvalue weighted by molar-refractivity contribution is 9.10. The van der Waals surface area contributed by atoms with E-state index in [0.717, 1.165) is 5.56 Å². The van der Waals surface area contributed by atoms with Gasteiger partial charge in [-0.25, -0.2) is 4.39 Å². The van der Waals surface area contributed by atoms with E-state index in [1.54, 1.807) is 25.2 Å². The Hall–Kier alpha value is -2.06. The number of nitrogens with one attached hydrogen (secondary N) is 1. The topological polar surface area (TPSA) is 41.6 Å². The van der Waals surface area contributed by atoms with Gasteiger partial charge in [-0.05, 0) is 42.9 Å². The molecule has 0 unspecified atom stereocenters. The van der Waals surface area contributed by atoms with Crippen LogP contribution in [-0.2, 0) is 11.3 Å². The van der Waals surface area contributed by atoms with Crippen molar-refractivity contribution in [2.45, 2.75) is 19.6 Å². The molecule has 0 saturated heterocycles. The Balaban J connectivity index is 1.82. The first-order valence-electron chi connectivity index (χ1n) is 7.80. The number of benzene rings is 2. The maximum Gasteiger partial charge on any atom is 0.387 e. The quantitative estimate of drug-likeness (QED) is 0.662. The highest BCUT2D eigenvalue weighted by Crippen LogP contribution is 2.20. The summed E-state index contributed by atoms with van der Waals surface area (Å²) < 4.78 is 43.2. The monoisotopic (exact) mass is 430 g/mol. The van der Waals surface area contributed by atoms with Crippen LogP contribution in [0.3, 0.4) is 0 Å². The van der Waals surface area contributed by atoms with Gasteiger partial charge in [0.2, 0.25) is 5.91 Å². The molecule has 8 heteroatoms. The van der Waals surface area contributed by atoms with E-state index in [1.807, 2.05) is 4.90 Å². The zero-order chi connectivity index (χ0) is 19.1. The maximum atomic E-state index is 13.7. The van der Waals surface area contributed by atoms with Gasteiger partial charge in [0, 0.05) is 24.0 Å². The number of nitrogens with zero attached hydrogens (tertiary/aromatic N) is 1. The first-order valence-corrected chi connectivity index (χ1v) is 8.60. The third-order valence-electron chi connectivity index (χ3n) is 3.50. The van der Waals surface area contributed by atoms with E-state index in [-0.39, 0.29) is 23.8 Å². The van der Waals surface area contributed by atoms with Gasteiger partial charge in [0.15, 0.2) is 0 Å². The number of hydrogen-bond acceptors (Lipinski definition) is 3. The van der Waals surface area contributed by atoms with Gasteiger partial charge in [-0.1, -0.05) is 28.1 Å². The van der Waals surface area contributed by atoms with Gasteiger partial charge in [0.1, 0.15) is 11.6 Å². The van der Waals surface area contributed by atoms with Crippen LogP contribution in [0.25, 0.3) is 0 Å². The van der Waals surface area contributed by atoms with E-state index >= 15 is 0 Å². The number of hydrogen-bond donors (Lipinski definition) is 1. The summed E-state index contributed by atoms with van der Waals surface area (Å²) in [4.78, 5) is 13.8. The highest BCUT2D eigenvalue weighted by atomic mass is 79.9. The van der Waals surface area contributed by atoms with Crippen LogP contribution in [0.1, 0.15) is 12.0 Å². The Labute approximate surface area is 158 Å². The Morgan fingerprint density at radius 2 is 2.04 bits per heavy atom. The summed E-state index contributed by atoms with van der Waals surface area (Å²) in [5, 5.41) is 2.52. The summed E-state index contributed by atoms with van der Waals surface area (Å²) in [5.41, 5.74) is 0.905. The average Bonchev–Trinajstić information content (AvgIpc) is 2.55. The summed E-state index contributed by atoms with van der Waals surface area (Å²) in [6.45, 7) is -1.99. The second kappa shape index (κ2) is 9.59. The fraction of sp³-hybridized carbons (Fsp3) is 0.278. The summed E-state index contributed by atoms with van der Waals surface area (Å²) in [7, 11) is 1.80. The van der Waals surface area contributed by atoms with Crippen LogP contribution in [0, 0.1) is 5.82 Å². The van der Waals surface area contributed by atoms with E-state index in [9.17, 15) is 18.0 Å². The smallest absolute Gasteiger partial charge is 0.387 e. The second-order valence-corrected chi connectivity index (χ2v) is 6.60. The number of halogens is 4. The molecule has 140 valence electrons. The Morgan fingerprint density at radius 3 is 2.73 bits per heavy atom. The molecular weight excluding hydrogens is 413 g/mol. The SMILES string of the molecule is CN(CCC(=O)Nc1ccc(Br)cc1F)Cc1cccc(OC(F)F)c1. The highest BCUT2D eigenvalue weighted by Gasteiger charge is 2.10. The van der Waals surface area contributed by atoms with Gasteiger partial charge >= 0.3 is 6.61 Å². The molecular formula is C18H18BrF3N2O2. The van der Waals surface area contributed by atoms with Crippen LogP contribution in [0.15, 0.2) is 46.9 Å². The van der Waals surface area contributed by atoms with Gasteiger partial charge in [-0.15, -0.1) is 0 Å². The molecule has 26 heavy (non-hydrogen) atoms. The van der Waals surface area contributed by atoms with Crippen molar-refractivity contribution in [3.63, 3.8) is 0 Å². The largest absolute Gasteiger partial charge is 0.435 e. The van der Waals surface area contributed by atoms with Crippen molar-refractivity contribution in [3.8, 4) is 5.75 Å². The molecule has 4 nitrogen and oxygen atoms in total. The molecule has 0 aromatic heterocycles. The number of carbonyl (C=O) groups is 1. The van der Waals surface area contributed by atoms with E-state index in [4.69, 9.17) is 0 Å². The summed E-state index contributed by atoms with van der Waals surface area (Å²) in [6.07, 6.45) is 0.166. The molecule has 0 saturated carbocycles. The first kappa shape index (κ1) is 20.3. The summed E-state index contributed by atoms with van der Waals surface area (Å²) in [6, 6.07) is 10.8. The molecule has 2 aromatic rings. The molecule has 0 aliphatic rings. The van der Waals surface area contributed by atoms with Crippen molar-refractivity contribution in [1.29, 1.82) is 0 Å². The van der Waals surface area contributed by atoms with E-state index < -0.39 is 12.4 Å². The number of amides is 1. The number of anilines is 1. The lowest BCUT2D eigenvalue weighted by atomic mass is 10.2. The predicted octanol–water partition coefficient (Wildman–Crippen LogP) is 4.65. The zero-order valence-corrected chi connectivity index (χ0v) is 15.6. The van der Waals surface area contributed by atoms with Gasteiger partial charge in [-0.3, -0.25) is 4.79 Å². The maximum absolute atomic E-state index is 13.7. The lowest BCUT2D eigenvalue weighted by Gasteiger charge is -2.17. The third-order valence-corrected chi connectivity index (χ3v) is 4.00. The zero-order valence-electron chi connectivity index (χ0n) is 14.0. The van der Waals surface area contributed by atoms with Gasteiger partial charge < -0.3 is 15.0 Å². The second-order valence-electron chi connectivity index (χ2n) is 5.69. The molecule has 0 radical (unpaired) electrons. The van der Waals surface area contributed by atoms with Crippen LogP contribution in [-0.4, -0.2) is 31.0 Å². The molecule has 0 bridgehead atoms. The molecule has 2 aromatic carbocycles. The molecule has 1 amide bonds. The number of alkyl halides is 2. The summed E-state index contributed by atoms with van der Waals surface area (Å²) in [5.74, 6) is -0.737.